The molecular weight excluding hydrogens is 352 g/mol. The molecule has 0 unspecified atom stereocenters. The van der Waals surface area contributed by atoms with Crippen molar-refractivity contribution in [2.45, 2.75) is 24.2 Å². The minimum Gasteiger partial charge on any atom is -0.371 e. The second-order valence-electron chi connectivity index (χ2n) is 6.29. The molecule has 2 aromatic rings. The number of pyridine rings is 1. The molecule has 0 atom stereocenters. The molecule has 1 saturated heterocycles. The number of anilines is 1. The molecule has 8 heteroatoms. The van der Waals surface area contributed by atoms with Crippen LogP contribution >= 0.6 is 0 Å². The van der Waals surface area contributed by atoms with Gasteiger partial charge in [-0.05, 0) is 49.1 Å². The number of carbonyl (C=O) groups is 1. The molecule has 0 radical (unpaired) electrons. The topological polar surface area (TPSA) is 105 Å². The number of hydrogen-bond acceptors (Lipinski definition) is 5. The van der Waals surface area contributed by atoms with Gasteiger partial charge < -0.3 is 10.2 Å². The van der Waals surface area contributed by atoms with Gasteiger partial charge in [0.05, 0.1) is 4.90 Å². The van der Waals surface area contributed by atoms with Gasteiger partial charge in [-0.2, -0.15) is 0 Å². The van der Waals surface area contributed by atoms with E-state index in [-0.39, 0.29) is 10.8 Å². The van der Waals surface area contributed by atoms with E-state index >= 15 is 0 Å². The van der Waals surface area contributed by atoms with Crippen LogP contribution in [0.1, 0.15) is 28.9 Å². The predicted molar refractivity (Wildman–Crippen MR) is 99.5 cm³/mol. The third-order valence-electron chi connectivity index (χ3n) is 4.40. The summed E-state index contributed by atoms with van der Waals surface area (Å²) in [4.78, 5) is 18.8. The van der Waals surface area contributed by atoms with Crippen molar-refractivity contribution in [2.75, 3.05) is 24.5 Å². The van der Waals surface area contributed by atoms with Crippen molar-refractivity contribution in [1.29, 1.82) is 0 Å². The van der Waals surface area contributed by atoms with Crippen LogP contribution in [0, 0.1) is 0 Å². The van der Waals surface area contributed by atoms with Gasteiger partial charge in [0, 0.05) is 31.5 Å². The summed E-state index contributed by atoms with van der Waals surface area (Å²) >= 11 is 0. The zero-order chi connectivity index (χ0) is 18.6. The van der Waals surface area contributed by atoms with Crippen LogP contribution in [0.3, 0.4) is 0 Å². The third kappa shape index (κ3) is 4.59. The van der Waals surface area contributed by atoms with E-state index in [1.165, 1.54) is 25.0 Å². The summed E-state index contributed by atoms with van der Waals surface area (Å²) in [6.45, 7) is 2.46. The van der Waals surface area contributed by atoms with Crippen LogP contribution in [-0.4, -0.2) is 38.9 Å². The molecule has 7 nitrogen and oxygen atoms in total. The van der Waals surface area contributed by atoms with Gasteiger partial charge in [0.1, 0.15) is 5.69 Å². The van der Waals surface area contributed by atoms with Crippen LogP contribution in [0.15, 0.2) is 47.5 Å². The van der Waals surface area contributed by atoms with Crippen LogP contribution in [0.5, 0.6) is 0 Å². The first kappa shape index (κ1) is 18.3. The summed E-state index contributed by atoms with van der Waals surface area (Å²) in [6.07, 6.45) is 4.60. The van der Waals surface area contributed by atoms with Crippen LogP contribution in [0.2, 0.25) is 0 Å². The highest BCUT2D eigenvalue weighted by molar-refractivity contribution is 7.89. The van der Waals surface area contributed by atoms with Crippen molar-refractivity contribution in [3.05, 3.63) is 53.9 Å². The van der Waals surface area contributed by atoms with E-state index in [4.69, 9.17) is 5.14 Å². The number of primary sulfonamides is 1. The minimum atomic E-state index is -3.68. The van der Waals surface area contributed by atoms with Crippen LogP contribution < -0.4 is 15.4 Å². The van der Waals surface area contributed by atoms with E-state index in [0.717, 1.165) is 24.3 Å². The summed E-state index contributed by atoms with van der Waals surface area (Å²) in [5.74, 6) is -0.216. The quantitative estimate of drug-likeness (QED) is 0.793. The maximum atomic E-state index is 12.3. The number of benzene rings is 1. The van der Waals surface area contributed by atoms with Crippen molar-refractivity contribution in [1.82, 2.24) is 10.3 Å². The minimum absolute atomic E-state index is 0.0770. The van der Waals surface area contributed by atoms with Gasteiger partial charge in [-0.25, -0.2) is 13.6 Å². The monoisotopic (exact) mass is 374 g/mol. The molecule has 3 N–H and O–H groups in total. The Balaban J connectivity index is 1.55. The highest BCUT2D eigenvalue weighted by Gasteiger charge is 2.15. The zero-order valence-corrected chi connectivity index (χ0v) is 15.2. The molecule has 1 aliphatic heterocycles. The van der Waals surface area contributed by atoms with Crippen molar-refractivity contribution in [3.63, 3.8) is 0 Å². The Morgan fingerprint density at radius 2 is 1.85 bits per heavy atom. The Kier molecular flexibility index (Phi) is 5.53. The van der Waals surface area contributed by atoms with Crippen molar-refractivity contribution in [2.24, 2.45) is 5.14 Å². The number of nitrogens with one attached hydrogen (secondary N) is 1. The molecule has 1 aliphatic rings. The van der Waals surface area contributed by atoms with E-state index in [1.807, 2.05) is 12.1 Å². The Hall–Kier alpha value is -2.45. The lowest BCUT2D eigenvalue weighted by Gasteiger charge is -2.17. The Morgan fingerprint density at radius 1 is 1.15 bits per heavy atom. The molecule has 3 rings (SSSR count). The number of nitrogens with two attached hydrogens (primary N) is 1. The summed E-state index contributed by atoms with van der Waals surface area (Å²) in [5.41, 5.74) is 2.34. The summed E-state index contributed by atoms with van der Waals surface area (Å²) in [6, 6.07) is 10.1. The van der Waals surface area contributed by atoms with Gasteiger partial charge in [-0.1, -0.05) is 12.1 Å². The fraction of sp³-hybridized carbons (Fsp3) is 0.333. The molecule has 26 heavy (non-hydrogen) atoms. The van der Waals surface area contributed by atoms with Crippen molar-refractivity contribution >= 4 is 21.6 Å². The first-order chi connectivity index (χ1) is 12.4. The van der Waals surface area contributed by atoms with Gasteiger partial charge in [0.25, 0.3) is 5.91 Å². The van der Waals surface area contributed by atoms with Crippen LogP contribution in [0.25, 0.3) is 0 Å². The summed E-state index contributed by atoms with van der Waals surface area (Å²) < 4.78 is 22.5. The molecule has 0 bridgehead atoms. The first-order valence-electron chi connectivity index (χ1n) is 8.54. The molecule has 1 aromatic heterocycles. The van der Waals surface area contributed by atoms with Crippen LogP contribution in [-0.2, 0) is 16.4 Å². The molecule has 0 aliphatic carbocycles. The SMILES string of the molecule is NS(=O)(=O)c1ccc(CCNC(=O)c2cc(N3CCCC3)ccn2)cc1. The van der Waals surface area contributed by atoms with Gasteiger partial charge >= 0.3 is 0 Å². The smallest absolute Gasteiger partial charge is 0.269 e. The van der Waals surface area contributed by atoms with E-state index in [2.05, 4.69) is 15.2 Å². The standard InChI is InChI=1S/C18H22N4O3S/c19-26(24,25)16-5-3-14(4-6-16)7-9-21-18(23)17-13-15(8-10-20-17)22-11-1-2-12-22/h3-6,8,10,13H,1-2,7,9,11-12H2,(H,21,23)(H2,19,24,25). The number of rotatable bonds is 6. The van der Waals surface area contributed by atoms with Crippen molar-refractivity contribution < 1.29 is 13.2 Å². The second-order valence-corrected chi connectivity index (χ2v) is 7.85. The number of amides is 1. The molecule has 0 saturated carbocycles. The molecule has 138 valence electrons. The lowest BCUT2D eigenvalue weighted by molar-refractivity contribution is 0.0949. The highest BCUT2D eigenvalue weighted by atomic mass is 32.2. The van der Waals surface area contributed by atoms with E-state index in [1.54, 1.807) is 18.3 Å². The lowest BCUT2D eigenvalue weighted by atomic mass is 10.1. The maximum Gasteiger partial charge on any atom is 0.269 e. The molecule has 1 amide bonds. The molecule has 0 spiro atoms. The van der Waals surface area contributed by atoms with Crippen molar-refractivity contribution in [3.8, 4) is 0 Å². The summed E-state index contributed by atoms with van der Waals surface area (Å²) in [5, 5.41) is 7.92. The van der Waals surface area contributed by atoms with E-state index in [9.17, 15) is 13.2 Å². The number of nitrogens with zero attached hydrogens (tertiary/aromatic N) is 2. The van der Waals surface area contributed by atoms with Crippen LogP contribution in [0.4, 0.5) is 5.69 Å². The largest absolute Gasteiger partial charge is 0.371 e. The third-order valence-corrected chi connectivity index (χ3v) is 5.33. The fourth-order valence-electron chi connectivity index (χ4n) is 2.97. The number of carbonyl (C=O) groups excluding carboxylic acids is 1. The number of aromatic nitrogens is 1. The molecule has 1 fully saturated rings. The van der Waals surface area contributed by atoms with Gasteiger partial charge in [-0.15, -0.1) is 0 Å². The summed E-state index contributed by atoms with van der Waals surface area (Å²) in [7, 11) is -3.68. The second kappa shape index (κ2) is 7.84. The Labute approximate surface area is 153 Å². The van der Waals surface area contributed by atoms with Gasteiger partial charge in [-0.3, -0.25) is 9.78 Å². The predicted octanol–water partition coefficient (Wildman–Crippen LogP) is 1.30. The van der Waals surface area contributed by atoms with Gasteiger partial charge in [0.15, 0.2) is 0 Å². The number of sulfonamides is 1. The first-order valence-corrected chi connectivity index (χ1v) is 10.1. The molecule has 2 heterocycles. The Bertz CT molecular complexity index is 876. The maximum absolute atomic E-state index is 12.3. The average molecular weight is 374 g/mol. The number of hydrogen-bond donors (Lipinski definition) is 2. The Morgan fingerprint density at radius 3 is 2.50 bits per heavy atom. The van der Waals surface area contributed by atoms with Gasteiger partial charge in [0.2, 0.25) is 10.0 Å². The fourth-order valence-corrected chi connectivity index (χ4v) is 3.49. The van der Waals surface area contributed by atoms with E-state index in [0.29, 0.717) is 18.7 Å². The van der Waals surface area contributed by atoms with E-state index < -0.39 is 10.0 Å². The average Bonchev–Trinajstić information content (AvgIpc) is 3.16. The lowest BCUT2D eigenvalue weighted by Crippen LogP contribution is -2.27. The highest BCUT2D eigenvalue weighted by Crippen LogP contribution is 2.20. The normalized spacial score (nSPS) is 14.4. The zero-order valence-electron chi connectivity index (χ0n) is 14.4. The molecular formula is C18H22N4O3S. The molecule has 1 aromatic carbocycles.